The second-order valence-corrected chi connectivity index (χ2v) is 8.30. The van der Waals surface area contributed by atoms with Crippen LogP contribution >= 0.6 is 0 Å². The summed E-state index contributed by atoms with van der Waals surface area (Å²) < 4.78 is 27.9. The van der Waals surface area contributed by atoms with Gasteiger partial charge in [0.1, 0.15) is 18.5 Å². The number of carbonyl (C=O) groups is 1. The van der Waals surface area contributed by atoms with Gasteiger partial charge in [-0.25, -0.2) is 8.91 Å². The second-order valence-electron chi connectivity index (χ2n) is 8.30. The fraction of sp³-hybridized carbons (Fsp3) is 0.409. The van der Waals surface area contributed by atoms with E-state index < -0.39 is 6.10 Å². The van der Waals surface area contributed by atoms with Crippen molar-refractivity contribution in [2.45, 2.75) is 37.5 Å². The number of anilines is 1. The van der Waals surface area contributed by atoms with Crippen molar-refractivity contribution in [1.82, 2.24) is 19.5 Å². The molecule has 8 nitrogen and oxygen atoms in total. The quantitative estimate of drug-likeness (QED) is 0.682. The molecule has 2 aromatic heterocycles. The topological polar surface area (TPSA) is 81.0 Å². The van der Waals surface area contributed by atoms with Crippen molar-refractivity contribution in [1.29, 1.82) is 0 Å². The standard InChI is InChI=1S/C22H22FN5O3/c23-14-7-13-8-15(9-14)24-4-6-27-16(10-19(22(27)29)31-17-1-2-17)12-30-20-3-5-28-21(26-20)18(13)11-25-28/h3,5,7-9,11,16-17,19,24H,1-2,4,6,10,12H2/t16-,19+/m0/s1. The molecule has 31 heavy (non-hydrogen) atoms. The number of nitrogens with one attached hydrogen (secondary N) is 1. The number of nitrogens with zero attached hydrogens (tertiary/aromatic N) is 4. The van der Waals surface area contributed by atoms with Crippen LogP contribution in [0.3, 0.4) is 0 Å². The van der Waals surface area contributed by atoms with Crippen molar-refractivity contribution >= 4 is 17.2 Å². The van der Waals surface area contributed by atoms with E-state index in [1.165, 1.54) is 12.1 Å². The minimum Gasteiger partial charge on any atom is -0.475 e. The van der Waals surface area contributed by atoms with Gasteiger partial charge in [0.25, 0.3) is 5.91 Å². The summed E-state index contributed by atoms with van der Waals surface area (Å²) in [4.78, 5) is 19.4. The molecule has 1 N–H and O–H groups in total. The molecule has 3 aromatic rings. The van der Waals surface area contributed by atoms with Gasteiger partial charge in [0, 0.05) is 43.0 Å². The maximum Gasteiger partial charge on any atom is 0.252 e. The maximum atomic E-state index is 14.3. The van der Waals surface area contributed by atoms with Gasteiger partial charge in [-0.05, 0) is 36.6 Å². The third kappa shape index (κ3) is 3.48. The molecule has 2 aliphatic heterocycles. The average Bonchev–Trinajstić information content (AvgIpc) is 3.40. The van der Waals surface area contributed by atoms with Crippen LogP contribution in [-0.4, -0.2) is 63.4 Å². The maximum absolute atomic E-state index is 14.3. The number of ether oxygens (including phenoxy) is 2. The molecule has 1 saturated heterocycles. The lowest BCUT2D eigenvalue weighted by atomic mass is 10.1. The van der Waals surface area contributed by atoms with Crippen molar-refractivity contribution in [3.8, 4) is 17.0 Å². The summed E-state index contributed by atoms with van der Waals surface area (Å²) in [6.45, 7) is 1.31. The molecule has 2 atom stereocenters. The molecule has 4 heterocycles. The number of aromatic nitrogens is 3. The third-order valence-corrected chi connectivity index (χ3v) is 6.02. The van der Waals surface area contributed by atoms with Crippen LogP contribution in [0.1, 0.15) is 19.3 Å². The Morgan fingerprint density at radius 3 is 3.03 bits per heavy atom. The summed E-state index contributed by atoms with van der Waals surface area (Å²) >= 11 is 0. The highest BCUT2D eigenvalue weighted by molar-refractivity contribution is 5.84. The minimum atomic E-state index is -0.422. The lowest BCUT2D eigenvalue weighted by Crippen LogP contribution is -2.41. The SMILES string of the molecule is O=C1[C@H](OC2CC2)C[C@H]2COc3ccn4ncc(c4n3)-c3cc(F)cc(c3)NCCN12. The molecule has 4 bridgehead atoms. The summed E-state index contributed by atoms with van der Waals surface area (Å²) in [5.74, 6) is 0.0858. The van der Waals surface area contributed by atoms with Crippen LogP contribution < -0.4 is 10.1 Å². The number of amides is 1. The number of rotatable bonds is 2. The molecule has 2 fully saturated rings. The zero-order valence-electron chi connectivity index (χ0n) is 16.8. The van der Waals surface area contributed by atoms with E-state index in [4.69, 9.17) is 9.47 Å². The van der Waals surface area contributed by atoms with E-state index in [-0.39, 0.29) is 23.9 Å². The van der Waals surface area contributed by atoms with E-state index in [9.17, 15) is 9.18 Å². The van der Waals surface area contributed by atoms with E-state index in [1.807, 2.05) is 11.0 Å². The first-order valence-electron chi connectivity index (χ1n) is 10.6. The van der Waals surface area contributed by atoms with Gasteiger partial charge < -0.3 is 19.7 Å². The van der Waals surface area contributed by atoms with Crippen LogP contribution in [0, 0.1) is 5.82 Å². The Morgan fingerprint density at radius 1 is 1.26 bits per heavy atom. The Labute approximate surface area is 178 Å². The van der Waals surface area contributed by atoms with Gasteiger partial charge >= 0.3 is 0 Å². The van der Waals surface area contributed by atoms with Crippen molar-refractivity contribution in [3.05, 3.63) is 42.5 Å². The fourth-order valence-corrected chi connectivity index (χ4v) is 4.33. The predicted octanol–water partition coefficient (Wildman–Crippen LogP) is 2.49. The fourth-order valence-electron chi connectivity index (χ4n) is 4.33. The van der Waals surface area contributed by atoms with Gasteiger partial charge in [0.05, 0.1) is 18.3 Å². The third-order valence-electron chi connectivity index (χ3n) is 6.02. The molecule has 160 valence electrons. The smallest absolute Gasteiger partial charge is 0.252 e. The summed E-state index contributed by atoms with van der Waals surface area (Å²) in [7, 11) is 0. The Balaban J connectivity index is 1.37. The summed E-state index contributed by atoms with van der Waals surface area (Å²) in [5.41, 5.74) is 2.63. The summed E-state index contributed by atoms with van der Waals surface area (Å²) in [5, 5.41) is 7.58. The molecular formula is C22H22FN5O3. The number of hydrogen-bond acceptors (Lipinski definition) is 6. The number of benzene rings is 1. The zero-order chi connectivity index (χ0) is 20.9. The Bertz CT molecular complexity index is 1160. The van der Waals surface area contributed by atoms with Crippen LogP contribution in [0.5, 0.6) is 5.88 Å². The summed E-state index contributed by atoms with van der Waals surface area (Å²) in [6.07, 6.45) is 5.86. The first-order valence-corrected chi connectivity index (χ1v) is 10.6. The number of hydrogen-bond donors (Lipinski definition) is 1. The highest BCUT2D eigenvalue weighted by atomic mass is 19.1. The van der Waals surface area contributed by atoms with E-state index in [2.05, 4.69) is 15.4 Å². The van der Waals surface area contributed by atoms with Gasteiger partial charge in [-0.15, -0.1) is 0 Å². The summed E-state index contributed by atoms with van der Waals surface area (Å²) in [6, 6.07) is 6.41. The number of halogens is 1. The second kappa shape index (κ2) is 7.19. The normalized spacial score (nSPS) is 23.4. The molecule has 0 spiro atoms. The van der Waals surface area contributed by atoms with E-state index in [0.717, 1.165) is 18.4 Å². The first kappa shape index (κ1) is 18.6. The van der Waals surface area contributed by atoms with E-state index >= 15 is 0 Å². The molecule has 0 radical (unpaired) electrons. The lowest BCUT2D eigenvalue weighted by molar-refractivity contribution is -0.138. The molecular weight excluding hydrogens is 401 g/mol. The molecule has 1 amide bonds. The van der Waals surface area contributed by atoms with Crippen molar-refractivity contribution < 1.29 is 18.7 Å². The van der Waals surface area contributed by atoms with Crippen LogP contribution in [0.15, 0.2) is 36.7 Å². The van der Waals surface area contributed by atoms with E-state index in [1.54, 1.807) is 23.0 Å². The molecule has 9 heteroatoms. The highest BCUT2D eigenvalue weighted by Crippen LogP contribution is 2.32. The van der Waals surface area contributed by atoms with Crippen LogP contribution in [0.2, 0.25) is 0 Å². The van der Waals surface area contributed by atoms with Crippen molar-refractivity contribution in [2.75, 3.05) is 25.0 Å². The van der Waals surface area contributed by atoms with Crippen LogP contribution in [-0.2, 0) is 9.53 Å². The largest absolute Gasteiger partial charge is 0.475 e. The lowest BCUT2D eigenvalue weighted by Gasteiger charge is -2.25. The Hall–Kier alpha value is -3.20. The molecule has 0 unspecified atom stereocenters. The molecule has 1 saturated carbocycles. The number of fused-ring (bicyclic) bond motifs is 5. The van der Waals surface area contributed by atoms with Gasteiger partial charge in [0.2, 0.25) is 5.88 Å². The van der Waals surface area contributed by atoms with Gasteiger partial charge in [-0.1, -0.05) is 0 Å². The van der Waals surface area contributed by atoms with Crippen LogP contribution in [0.4, 0.5) is 10.1 Å². The van der Waals surface area contributed by atoms with Gasteiger partial charge in [0.15, 0.2) is 5.65 Å². The molecule has 1 aromatic carbocycles. The zero-order valence-corrected chi connectivity index (χ0v) is 16.8. The van der Waals surface area contributed by atoms with E-state index in [0.29, 0.717) is 48.9 Å². The average molecular weight is 423 g/mol. The molecule has 3 aliphatic rings. The van der Waals surface area contributed by atoms with Gasteiger partial charge in [-0.3, -0.25) is 4.79 Å². The predicted molar refractivity (Wildman–Crippen MR) is 110 cm³/mol. The molecule has 6 rings (SSSR count). The highest BCUT2D eigenvalue weighted by Gasteiger charge is 2.43. The minimum absolute atomic E-state index is 0.00388. The van der Waals surface area contributed by atoms with Crippen molar-refractivity contribution in [3.63, 3.8) is 0 Å². The first-order chi connectivity index (χ1) is 15.1. The Kier molecular flexibility index (Phi) is 4.31. The van der Waals surface area contributed by atoms with Crippen molar-refractivity contribution in [2.24, 2.45) is 0 Å². The van der Waals surface area contributed by atoms with Gasteiger partial charge in [-0.2, -0.15) is 10.1 Å². The Morgan fingerprint density at radius 2 is 2.16 bits per heavy atom. The monoisotopic (exact) mass is 423 g/mol. The number of carbonyl (C=O) groups excluding carboxylic acids is 1. The van der Waals surface area contributed by atoms with Crippen LogP contribution in [0.25, 0.3) is 16.8 Å². The molecule has 1 aliphatic carbocycles.